The number of amides is 1. The highest BCUT2D eigenvalue weighted by atomic mass is 32.2. The topological polar surface area (TPSA) is 56.8 Å². The average Bonchev–Trinajstić information content (AvgIpc) is 2.78. The SMILES string of the molecule is CCOc1ccc(C(=O)Nc2cccc(SC)c2)cc1COc1cccc(OC)c1. The minimum Gasteiger partial charge on any atom is -0.497 e. The van der Waals surface area contributed by atoms with Gasteiger partial charge in [-0.1, -0.05) is 12.1 Å². The van der Waals surface area contributed by atoms with Crippen LogP contribution in [0.4, 0.5) is 5.69 Å². The van der Waals surface area contributed by atoms with Gasteiger partial charge >= 0.3 is 0 Å². The fraction of sp³-hybridized carbons (Fsp3) is 0.208. The lowest BCUT2D eigenvalue weighted by Gasteiger charge is -2.14. The monoisotopic (exact) mass is 423 g/mol. The smallest absolute Gasteiger partial charge is 0.255 e. The largest absolute Gasteiger partial charge is 0.497 e. The van der Waals surface area contributed by atoms with Crippen molar-refractivity contribution in [3.8, 4) is 17.2 Å². The lowest BCUT2D eigenvalue weighted by molar-refractivity contribution is 0.102. The summed E-state index contributed by atoms with van der Waals surface area (Å²) in [6.45, 7) is 2.72. The number of thioether (sulfide) groups is 1. The molecule has 1 N–H and O–H groups in total. The van der Waals surface area contributed by atoms with E-state index in [0.29, 0.717) is 23.7 Å². The number of ether oxygens (including phenoxy) is 3. The Morgan fingerprint density at radius 1 is 0.967 bits per heavy atom. The zero-order valence-corrected chi connectivity index (χ0v) is 18.1. The van der Waals surface area contributed by atoms with Crippen molar-refractivity contribution in [3.63, 3.8) is 0 Å². The fourth-order valence-corrected chi connectivity index (χ4v) is 3.35. The van der Waals surface area contributed by atoms with Crippen molar-refractivity contribution < 1.29 is 19.0 Å². The van der Waals surface area contributed by atoms with E-state index >= 15 is 0 Å². The van der Waals surface area contributed by atoms with E-state index in [2.05, 4.69) is 5.32 Å². The molecule has 0 fully saturated rings. The third-order valence-corrected chi connectivity index (χ3v) is 5.11. The van der Waals surface area contributed by atoms with Crippen molar-refractivity contribution in [3.05, 3.63) is 77.9 Å². The third-order valence-electron chi connectivity index (χ3n) is 4.39. The first-order chi connectivity index (χ1) is 14.6. The standard InChI is InChI=1S/C24H25NO4S/c1-4-28-23-12-11-17(24(26)25-19-7-5-10-22(14-19)30-3)13-18(23)16-29-21-9-6-8-20(15-21)27-2/h5-15H,4,16H2,1-3H3,(H,25,26). The minimum atomic E-state index is -0.182. The Morgan fingerprint density at radius 2 is 1.77 bits per heavy atom. The van der Waals surface area contributed by atoms with E-state index in [9.17, 15) is 4.79 Å². The van der Waals surface area contributed by atoms with Crippen molar-refractivity contribution >= 4 is 23.4 Å². The van der Waals surface area contributed by atoms with Gasteiger partial charge in [0.15, 0.2) is 0 Å². The van der Waals surface area contributed by atoms with E-state index < -0.39 is 0 Å². The van der Waals surface area contributed by atoms with Crippen LogP contribution in [0.15, 0.2) is 71.6 Å². The summed E-state index contributed by atoms with van der Waals surface area (Å²) < 4.78 is 16.9. The number of hydrogen-bond acceptors (Lipinski definition) is 5. The summed E-state index contributed by atoms with van der Waals surface area (Å²) in [6.07, 6.45) is 2.00. The zero-order valence-electron chi connectivity index (χ0n) is 17.3. The van der Waals surface area contributed by atoms with Crippen molar-refractivity contribution in [2.75, 3.05) is 25.3 Å². The van der Waals surface area contributed by atoms with Gasteiger partial charge in [0, 0.05) is 27.8 Å². The molecule has 0 saturated heterocycles. The maximum atomic E-state index is 12.8. The number of carbonyl (C=O) groups is 1. The Balaban J connectivity index is 1.78. The molecule has 0 heterocycles. The maximum Gasteiger partial charge on any atom is 0.255 e. The highest BCUT2D eigenvalue weighted by Crippen LogP contribution is 2.25. The van der Waals surface area contributed by atoms with E-state index in [1.165, 1.54) is 0 Å². The molecule has 0 aromatic heterocycles. The molecule has 0 spiro atoms. The van der Waals surface area contributed by atoms with Crippen LogP contribution in [-0.2, 0) is 6.61 Å². The molecular weight excluding hydrogens is 398 g/mol. The molecule has 0 unspecified atom stereocenters. The molecule has 0 saturated carbocycles. The molecule has 0 atom stereocenters. The molecule has 0 bridgehead atoms. The van der Waals surface area contributed by atoms with Gasteiger partial charge in [-0.2, -0.15) is 0 Å². The van der Waals surface area contributed by atoms with Crippen LogP contribution < -0.4 is 19.5 Å². The number of benzene rings is 3. The van der Waals surface area contributed by atoms with Gasteiger partial charge in [0.25, 0.3) is 5.91 Å². The number of anilines is 1. The minimum absolute atomic E-state index is 0.182. The van der Waals surface area contributed by atoms with E-state index in [4.69, 9.17) is 14.2 Å². The second-order valence-electron chi connectivity index (χ2n) is 6.41. The first kappa shape index (κ1) is 21.6. The van der Waals surface area contributed by atoms with Gasteiger partial charge in [0.2, 0.25) is 0 Å². The number of carbonyl (C=O) groups excluding carboxylic acids is 1. The highest BCUT2D eigenvalue weighted by Gasteiger charge is 2.12. The Bertz CT molecular complexity index is 1010. The van der Waals surface area contributed by atoms with Crippen LogP contribution in [0.25, 0.3) is 0 Å². The van der Waals surface area contributed by atoms with Crippen molar-refractivity contribution in [1.29, 1.82) is 0 Å². The Labute approximate surface area is 181 Å². The number of methoxy groups -OCH3 is 1. The van der Waals surface area contributed by atoms with Gasteiger partial charge in [0.1, 0.15) is 23.9 Å². The van der Waals surface area contributed by atoms with Crippen LogP contribution in [0, 0.1) is 0 Å². The van der Waals surface area contributed by atoms with E-state index in [1.54, 1.807) is 37.1 Å². The predicted octanol–water partition coefficient (Wildman–Crippen LogP) is 5.65. The normalized spacial score (nSPS) is 10.4. The lowest BCUT2D eigenvalue weighted by Crippen LogP contribution is -2.13. The molecule has 6 heteroatoms. The summed E-state index contributed by atoms with van der Waals surface area (Å²) in [5.41, 5.74) is 2.09. The van der Waals surface area contributed by atoms with E-state index in [-0.39, 0.29) is 12.5 Å². The summed E-state index contributed by atoms with van der Waals surface area (Å²) in [4.78, 5) is 13.9. The van der Waals surface area contributed by atoms with Crippen LogP contribution in [0.1, 0.15) is 22.8 Å². The van der Waals surface area contributed by atoms with Crippen molar-refractivity contribution in [2.45, 2.75) is 18.4 Å². The van der Waals surface area contributed by atoms with Crippen molar-refractivity contribution in [1.82, 2.24) is 0 Å². The van der Waals surface area contributed by atoms with Crippen LogP contribution in [0.3, 0.4) is 0 Å². The number of hydrogen-bond donors (Lipinski definition) is 1. The maximum absolute atomic E-state index is 12.8. The fourth-order valence-electron chi connectivity index (χ4n) is 2.89. The summed E-state index contributed by atoms with van der Waals surface area (Å²) in [6, 6.07) is 20.5. The molecule has 0 radical (unpaired) electrons. The first-order valence-corrected chi connectivity index (χ1v) is 10.8. The molecule has 1 amide bonds. The molecule has 3 aromatic rings. The van der Waals surface area contributed by atoms with Crippen LogP contribution in [-0.4, -0.2) is 25.9 Å². The Hall–Kier alpha value is -3.12. The van der Waals surface area contributed by atoms with Gasteiger partial charge in [-0.25, -0.2) is 0 Å². The van der Waals surface area contributed by atoms with Crippen LogP contribution in [0.5, 0.6) is 17.2 Å². The van der Waals surface area contributed by atoms with Gasteiger partial charge in [-0.3, -0.25) is 4.79 Å². The predicted molar refractivity (Wildman–Crippen MR) is 121 cm³/mol. The average molecular weight is 424 g/mol. The van der Waals surface area contributed by atoms with Gasteiger partial charge < -0.3 is 19.5 Å². The van der Waals surface area contributed by atoms with E-state index in [0.717, 1.165) is 21.9 Å². The Kier molecular flexibility index (Phi) is 7.63. The molecule has 156 valence electrons. The number of nitrogens with one attached hydrogen (secondary N) is 1. The molecule has 3 rings (SSSR count). The summed E-state index contributed by atoms with van der Waals surface area (Å²) in [5, 5.41) is 2.95. The summed E-state index contributed by atoms with van der Waals surface area (Å²) in [7, 11) is 1.61. The molecular formula is C24H25NO4S. The van der Waals surface area contributed by atoms with E-state index in [1.807, 2.05) is 61.7 Å². The molecule has 0 aliphatic carbocycles. The van der Waals surface area contributed by atoms with Gasteiger partial charge in [0.05, 0.1) is 13.7 Å². The van der Waals surface area contributed by atoms with Crippen LogP contribution in [0.2, 0.25) is 0 Å². The molecule has 0 aliphatic heterocycles. The molecule has 5 nitrogen and oxygen atoms in total. The Morgan fingerprint density at radius 3 is 2.53 bits per heavy atom. The lowest BCUT2D eigenvalue weighted by atomic mass is 10.1. The van der Waals surface area contributed by atoms with Gasteiger partial charge in [-0.05, 0) is 61.7 Å². The quantitative estimate of drug-likeness (QED) is 0.451. The van der Waals surface area contributed by atoms with Gasteiger partial charge in [-0.15, -0.1) is 11.8 Å². The zero-order chi connectivity index (χ0) is 21.3. The van der Waals surface area contributed by atoms with Crippen LogP contribution >= 0.6 is 11.8 Å². The first-order valence-electron chi connectivity index (χ1n) is 9.61. The second kappa shape index (κ2) is 10.6. The molecule has 30 heavy (non-hydrogen) atoms. The molecule has 0 aliphatic rings. The number of rotatable bonds is 9. The van der Waals surface area contributed by atoms with Crippen molar-refractivity contribution in [2.24, 2.45) is 0 Å². The molecule has 3 aromatic carbocycles. The summed E-state index contributed by atoms with van der Waals surface area (Å²) >= 11 is 1.63. The summed E-state index contributed by atoms with van der Waals surface area (Å²) in [5.74, 6) is 1.92. The highest BCUT2D eigenvalue weighted by molar-refractivity contribution is 7.98. The third kappa shape index (κ3) is 5.70. The second-order valence-corrected chi connectivity index (χ2v) is 7.29.